The van der Waals surface area contributed by atoms with Gasteiger partial charge in [0.2, 0.25) is 11.8 Å². The second-order valence-electron chi connectivity index (χ2n) is 5.09. The molecule has 1 aliphatic heterocycles. The third-order valence-corrected chi connectivity index (χ3v) is 5.44. The molecule has 1 unspecified atom stereocenters. The molecule has 1 atom stereocenters. The monoisotopic (exact) mass is 314 g/mol. The van der Waals surface area contributed by atoms with Crippen molar-refractivity contribution in [3.8, 4) is 0 Å². The summed E-state index contributed by atoms with van der Waals surface area (Å²) < 4.78 is 0.693. The number of amides is 2. The number of hydrogen-bond acceptors (Lipinski definition) is 3. The first-order chi connectivity index (χ1) is 9.43. The third-order valence-electron chi connectivity index (χ3n) is 4.04. The van der Waals surface area contributed by atoms with Crippen LogP contribution in [0.4, 0.5) is 0 Å². The summed E-state index contributed by atoms with van der Waals surface area (Å²) in [7, 11) is 0. The van der Waals surface area contributed by atoms with Crippen LogP contribution in [0.5, 0.6) is 0 Å². The van der Waals surface area contributed by atoms with Crippen molar-refractivity contribution in [3.63, 3.8) is 0 Å². The van der Waals surface area contributed by atoms with E-state index in [9.17, 15) is 9.59 Å². The normalized spacial score (nSPS) is 19.9. The molecule has 0 aromatic carbocycles. The Morgan fingerprint density at radius 1 is 1.40 bits per heavy atom. The van der Waals surface area contributed by atoms with E-state index < -0.39 is 5.54 Å². The van der Waals surface area contributed by atoms with Crippen LogP contribution in [0.3, 0.4) is 0 Å². The number of carbonyl (C=O) groups excluding carboxylic acids is 2. The molecular weight excluding hydrogens is 296 g/mol. The first-order valence-corrected chi connectivity index (χ1v) is 8.00. The summed E-state index contributed by atoms with van der Waals surface area (Å²) in [6.45, 7) is 5.90. The molecule has 2 heterocycles. The van der Waals surface area contributed by atoms with Gasteiger partial charge in [-0.2, -0.15) is 0 Å². The Kier molecular flexibility index (Phi) is 4.39. The van der Waals surface area contributed by atoms with E-state index in [-0.39, 0.29) is 24.4 Å². The summed E-state index contributed by atoms with van der Waals surface area (Å²) in [5.41, 5.74) is -0.759. The SMILES string of the molecule is CCC1(CC)NC(=O)CN(C(C)c2ccc(Cl)s2)C1=O. The van der Waals surface area contributed by atoms with Crippen LogP contribution >= 0.6 is 22.9 Å². The summed E-state index contributed by atoms with van der Waals surface area (Å²) >= 11 is 7.40. The van der Waals surface area contributed by atoms with Gasteiger partial charge in [-0.05, 0) is 31.9 Å². The van der Waals surface area contributed by atoms with Crippen molar-refractivity contribution in [3.05, 3.63) is 21.3 Å². The van der Waals surface area contributed by atoms with Gasteiger partial charge < -0.3 is 10.2 Å². The second-order valence-corrected chi connectivity index (χ2v) is 6.83. The van der Waals surface area contributed by atoms with Gasteiger partial charge in [-0.15, -0.1) is 11.3 Å². The van der Waals surface area contributed by atoms with Crippen molar-refractivity contribution in [1.82, 2.24) is 10.2 Å². The van der Waals surface area contributed by atoms with E-state index >= 15 is 0 Å². The lowest BCUT2D eigenvalue weighted by molar-refractivity contribution is -0.152. The van der Waals surface area contributed by atoms with Crippen molar-refractivity contribution < 1.29 is 9.59 Å². The van der Waals surface area contributed by atoms with Crippen LogP contribution in [0.2, 0.25) is 4.34 Å². The van der Waals surface area contributed by atoms with Crippen LogP contribution in [0.1, 0.15) is 44.5 Å². The van der Waals surface area contributed by atoms with Crippen molar-refractivity contribution in [2.24, 2.45) is 0 Å². The fourth-order valence-corrected chi connectivity index (χ4v) is 3.74. The Balaban J connectivity index is 2.30. The van der Waals surface area contributed by atoms with Crippen molar-refractivity contribution in [2.75, 3.05) is 6.54 Å². The maximum atomic E-state index is 12.8. The highest BCUT2D eigenvalue weighted by Crippen LogP contribution is 2.33. The molecule has 1 fully saturated rings. The van der Waals surface area contributed by atoms with Gasteiger partial charge in [-0.3, -0.25) is 9.59 Å². The molecule has 1 saturated heterocycles. The minimum Gasteiger partial charge on any atom is -0.340 e. The molecule has 0 spiro atoms. The Bertz CT molecular complexity index is 525. The van der Waals surface area contributed by atoms with Crippen LogP contribution in [-0.2, 0) is 9.59 Å². The molecule has 6 heteroatoms. The van der Waals surface area contributed by atoms with E-state index in [4.69, 9.17) is 11.6 Å². The van der Waals surface area contributed by atoms with Crippen molar-refractivity contribution >= 4 is 34.8 Å². The first kappa shape index (κ1) is 15.3. The van der Waals surface area contributed by atoms with E-state index in [0.717, 1.165) is 4.88 Å². The molecule has 1 aliphatic rings. The number of halogens is 1. The fourth-order valence-electron chi connectivity index (χ4n) is 2.61. The number of rotatable bonds is 4. The first-order valence-electron chi connectivity index (χ1n) is 6.81. The van der Waals surface area contributed by atoms with E-state index in [1.165, 1.54) is 11.3 Å². The average molecular weight is 315 g/mol. The van der Waals surface area contributed by atoms with Gasteiger partial charge in [0, 0.05) is 4.88 Å². The standard InChI is InChI=1S/C14H19ClN2O2S/c1-4-14(5-2)13(19)17(8-12(18)16-14)9(3)10-6-7-11(15)20-10/h6-7,9H,4-5,8H2,1-3H3,(H,16,18). The molecule has 0 aliphatic carbocycles. The molecular formula is C14H19ClN2O2S. The highest BCUT2D eigenvalue weighted by Gasteiger charge is 2.45. The Morgan fingerprint density at radius 2 is 2.05 bits per heavy atom. The quantitative estimate of drug-likeness (QED) is 0.929. The van der Waals surface area contributed by atoms with Gasteiger partial charge in [-0.1, -0.05) is 25.4 Å². The molecule has 0 radical (unpaired) electrons. The van der Waals surface area contributed by atoms with Crippen molar-refractivity contribution in [2.45, 2.75) is 45.2 Å². The summed E-state index contributed by atoms with van der Waals surface area (Å²) in [6.07, 6.45) is 1.20. The van der Waals surface area contributed by atoms with Crippen LogP contribution in [-0.4, -0.2) is 28.8 Å². The number of carbonyl (C=O) groups is 2. The number of hydrogen-bond donors (Lipinski definition) is 1. The topological polar surface area (TPSA) is 49.4 Å². The van der Waals surface area contributed by atoms with Gasteiger partial charge in [0.1, 0.15) is 12.1 Å². The molecule has 1 aromatic rings. The summed E-state index contributed by atoms with van der Waals surface area (Å²) in [5.74, 6) is -0.0954. The molecule has 4 nitrogen and oxygen atoms in total. The van der Waals surface area contributed by atoms with Crippen molar-refractivity contribution in [1.29, 1.82) is 0 Å². The number of piperazine rings is 1. The van der Waals surface area contributed by atoms with Gasteiger partial charge >= 0.3 is 0 Å². The maximum absolute atomic E-state index is 12.8. The minimum atomic E-state index is -0.759. The number of nitrogens with one attached hydrogen (secondary N) is 1. The lowest BCUT2D eigenvalue weighted by Gasteiger charge is -2.43. The van der Waals surface area contributed by atoms with Crippen LogP contribution < -0.4 is 5.32 Å². The molecule has 2 amide bonds. The average Bonchev–Trinajstić information content (AvgIpc) is 2.87. The second kappa shape index (κ2) is 5.74. The summed E-state index contributed by atoms with van der Waals surface area (Å²) in [4.78, 5) is 27.4. The zero-order chi connectivity index (χ0) is 14.9. The molecule has 2 rings (SSSR count). The van der Waals surface area contributed by atoms with E-state index in [1.54, 1.807) is 4.90 Å². The smallest absolute Gasteiger partial charge is 0.249 e. The van der Waals surface area contributed by atoms with Gasteiger partial charge in [0.05, 0.1) is 10.4 Å². The van der Waals surface area contributed by atoms with Gasteiger partial charge in [0.15, 0.2) is 0 Å². The van der Waals surface area contributed by atoms with Crippen LogP contribution in [0, 0.1) is 0 Å². The molecule has 0 saturated carbocycles. The highest BCUT2D eigenvalue weighted by molar-refractivity contribution is 7.16. The zero-order valence-corrected chi connectivity index (χ0v) is 13.5. The molecule has 1 N–H and O–H groups in total. The Hall–Kier alpha value is -1.07. The highest BCUT2D eigenvalue weighted by atomic mass is 35.5. The molecule has 20 heavy (non-hydrogen) atoms. The van der Waals surface area contributed by atoms with E-state index in [1.807, 2.05) is 32.9 Å². The Labute approximate surface area is 128 Å². The maximum Gasteiger partial charge on any atom is 0.249 e. The van der Waals surface area contributed by atoms with E-state index in [2.05, 4.69) is 5.32 Å². The predicted octanol–water partition coefficient (Wildman–Crippen LogP) is 2.98. The molecule has 0 bridgehead atoms. The Morgan fingerprint density at radius 3 is 2.55 bits per heavy atom. The summed E-state index contributed by atoms with van der Waals surface area (Å²) in [6, 6.07) is 3.60. The fraction of sp³-hybridized carbons (Fsp3) is 0.571. The minimum absolute atomic E-state index is 0.000813. The van der Waals surface area contributed by atoms with E-state index in [0.29, 0.717) is 17.2 Å². The van der Waals surface area contributed by atoms with Gasteiger partial charge in [-0.25, -0.2) is 0 Å². The van der Waals surface area contributed by atoms with Crippen LogP contribution in [0.25, 0.3) is 0 Å². The van der Waals surface area contributed by atoms with Gasteiger partial charge in [0.25, 0.3) is 0 Å². The third kappa shape index (κ3) is 2.56. The van der Waals surface area contributed by atoms with Crippen LogP contribution in [0.15, 0.2) is 12.1 Å². The number of nitrogens with zero attached hydrogens (tertiary/aromatic N) is 1. The largest absolute Gasteiger partial charge is 0.340 e. The zero-order valence-electron chi connectivity index (χ0n) is 11.9. The number of thiophene rings is 1. The predicted molar refractivity (Wildman–Crippen MR) is 80.9 cm³/mol. The molecule has 110 valence electrons. The summed E-state index contributed by atoms with van der Waals surface area (Å²) in [5, 5.41) is 2.87. The lowest BCUT2D eigenvalue weighted by Crippen LogP contribution is -2.66. The lowest BCUT2D eigenvalue weighted by atomic mass is 9.88. The molecule has 1 aromatic heterocycles.